The molecule has 5 nitrogen and oxygen atoms in total. The molecule has 1 aliphatic carbocycles. The van der Waals surface area contributed by atoms with Crippen molar-refractivity contribution in [3.63, 3.8) is 0 Å². The third kappa shape index (κ3) is 5.20. The molecule has 0 N–H and O–H groups in total. The minimum absolute atomic E-state index is 0.121. The minimum atomic E-state index is -0.371. The zero-order chi connectivity index (χ0) is 22.6. The van der Waals surface area contributed by atoms with E-state index < -0.39 is 0 Å². The molecule has 1 aromatic heterocycles. The van der Waals surface area contributed by atoms with E-state index in [9.17, 15) is 9.59 Å². The zero-order valence-corrected chi connectivity index (χ0v) is 19.3. The van der Waals surface area contributed by atoms with Crippen molar-refractivity contribution in [2.75, 3.05) is 13.2 Å². The van der Waals surface area contributed by atoms with Crippen LogP contribution in [0.15, 0.2) is 50.7 Å². The van der Waals surface area contributed by atoms with Crippen LogP contribution >= 0.6 is 0 Å². The standard InChI is InChI=1S/C26H34O5/c1-6-29-24(27)14-12-22-21(17(2)3)11-7-18(4)26(22,5)16-30-20-10-8-19-9-13-25(28)31-23(19)15-20/h8-10,13,15,18,22H,6-7,11-12,14,16H2,1-5H3. The monoisotopic (exact) mass is 426 g/mol. The van der Waals surface area contributed by atoms with Gasteiger partial charge in [0.1, 0.15) is 11.3 Å². The zero-order valence-electron chi connectivity index (χ0n) is 19.3. The van der Waals surface area contributed by atoms with Gasteiger partial charge in [0.25, 0.3) is 0 Å². The molecule has 1 aromatic carbocycles. The highest BCUT2D eigenvalue weighted by Gasteiger charge is 2.45. The Morgan fingerprint density at radius 2 is 1.97 bits per heavy atom. The summed E-state index contributed by atoms with van der Waals surface area (Å²) in [5, 5.41) is 0.864. The maximum Gasteiger partial charge on any atom is 0.336 e. The molecular weight excluding hydrogens is 392 g/mol. The van der Waals surface area contributed by atoms with Crippen molar-refractivity contribution in [2.24, 2.45) is 17.3 Å². The van der Waals surface area contributed by atoms with E-state index >= 15 is 0 Å². The van der Waals surface area contributed by atoms with Crippen molar-refractivity contribution in [3.05, 3.63) is 51.9 Å². The van der Waals surface area contributed by atoms with E-state index in [-0.39, 0.29) is 22.9 Å². The summed E-state index contributed by atoms with van der Waals surface area (Å²) >= 11 is 0. The number of allylic oxidation sites excluding steroid dienone is 2. The Labute approximate surface area is 184 Å². The van der Waals surface area contributed by atoms with Gasteiger partial charge in [-0.15, -0.1) is 0 Å². The summed E-state index contributed by atoms with van der Waals surface area (Å²) in [4.78, 5) is 23.6. The van der Waals surface area contributed by atoms with E-state index in [1.54, 1.807) is 12.1 Å². The lowest BCUT2D eigenvalue weighted by Crippen LogP contribution is -2.44. The Bertz CT molecular complexity index is 1010. The van der Waals surface area contributed by atoms with Crippen molar-refractivity contribution in [1.29, 1.82) is 0 Å². The van der Waals surface area contributed by atoms with E-state index in [4.69, 9.17) is 13.9 Å². The highest BCUT2D eigenvalue weighted by atomic mass is 16.5. The molecule has 0 saturated heterocycles. The predicted molar refractivity (Wildman–Crippen MR) is 122 cm³/mol. The van der Waals surface area contributed by atoms with E-state index in [1.807, 2.05) is 19.1 Å². The number of ether oxygens (including phenoxy) is 2. The number of hydrogen-bond acceptors (Lipinski definition) is 5. The number of fused-ring (bicyclic) bond motifs is 1. The van der Waals surface area contributed by atoms with Crippen molar-refractivity contribution in [2.45, 2.75) is 60.3 Å². The van der Waals surface area contributed by atoms with Crippen LogP contribution in [-0.4, -0.2) is 19.2 Å². The molecule has 5 heteroatoms. The molecule has 1 aliphatic rings. The van der Waals surface area contributed by atoms with Crippen molar-refractivity contribution in [1.82, 2.24) is 0 Å². The molecule has 1 heterocycles. The average molecular weight is 427 g/mol. The van der Waals surface area contributed by atoms with E-state index in [1.165, 1.54) is 17.2 Å². The van der Waals surface area contributed by atoms with Gasteiger partial charge in [-0.1, -0.05) is 25.0 Å². The van der Waals surface area contributed by atoms with Gasteiger partial charge in [0.05, 0.1) is 13.2 Å². The van der Waals surface area contributed by atoms with Crippen LogP contribution in [0.1, 0.15) is 60.3 Å². The fraction of sp³-hybridized carbons (Fsp3) is 0.538. The fourth-order valence-corrected chi connectivity index (χ4v) is 4.83. The Morgan fingerprint density at radius 1 is 1.23 bits per heavy atom. The van der Waals surface area contributed by atoms with E-state index in [2.05, 4.69) is 27.7 Å². The van der Waals surface area contributed by atoms with Crippen molar-refractivity contribution < 1.29 is 18.7 Å². The highest BCUT2D eigenvalue weighted by Crippen LogP contribution is 2.51. The van der Waals surface area contributed by atoms with Gasteiger partial charge in [0, 0.05) is 29.4 Å². The summed E-state index contributed by atoms with van der Waals surface area (Å²) in [5.74, 6) is 1.25. The van der Waals surface area contributed by atoms with Crippen LogP contribution in [0.4, 0.5) is 0 Å². The number of benzene rings is 1. The van der Waals surface area contributed by atoms with Gasteiger partial charge in [-0.25, -0.2) is 4.79 Å². The molecule has 0 bridgehead atoms. The molecule has 3 unspecified atom stereocenters. The topological polar surface area (TPSA) is 65.7 Å². The molecule has 0 amide bonds. The van der Waals surface area contributed by atoms with E-state index in [0.717, 1.165) is 24.6 Å². The molecule has 0 spiro atoms. The SMILES string of the molecule is CCOC(=O)CCC1C(=C(C)C)CCC(C)C1(C)COc1ccc2ccc(=O)oc2c1. The van der Waals surface area contributed by atoms with Crippen molar-refractivity contribution in [3.8, 4) is 5.75 Å². The molecule has 0 radical (unpaired) electrons. The molecule has 1 saturated carbocycles. The first-order valence-corrected chi connectivity index (χ1v) is 11.2. The van der Waals surface area contributed by atoms with Gasteiger partial charge in [-0.2, -0.15) is 0 Å². The van der Waals surface area contributed by atoms with Gasteiger partial charge < -0.3 is 13.9 Å². The molecule has 3 rings (SSSR count). The predicted octanol–water partition coefficient (Wildman–Crippen LogP) is 5.90. The molecular formula is C26H34O5. The summed E-state index contributed by atoms with van der Waals surface area (Å²) in [6, 6.07) is 8.77. The first-order valence-electron chi connectivity index (χ1n) is 11.2. The second kappa shape index (κ2) is 9.71. The third-order valence-corrected chi connectivity index (χ3v) is 6.92. The fourth-order valence-electron chi connectivity index (χ4n) is 4.83. The van der Waals surface area contributed by atoms with E-state index in [0.29, 0.717) is 36.9 Å². The van der Waals surface area contributed by atoms with Gasteiger partial charge in [-0.3, -0.25) is 4.79 Å². The molecule has 168 valence electrons. The van der Waals surface area contributed by atoms with Gasteiger partial charge >= 0.3 is 11.6 Å². The van der Waals surface area contributed by atoms with Crippen LogP contribution in [0.2, 0.25) is 0 Å². The van der Waals surface area contributed by atoms with Gasteiger partial charge in [0.15, 0.2) is 0 Å². The Balaban J connectivity index is 1.84. The Morgan fingerprint density at radius 3 is 2.68 bits per heavy atom. The Hall–Kier alpha value is -2.56. The summed E-state index contributed by atoms with van der Waals surface area (Å²) in [5.41, 5.74) is 2.81. The van der Waals surface area contributed by atoms with Crippen LogP contribution in [0.5, 0.6) is 5.75 Å². The summed E-state index contributed by atoms with van der Waals surface area (Å²) < 4.78 is 16.8. The number of hydrogen-bond donors (Lipinski definition) is 0. The minimum Gasteiger partial charge on any atom is -0.493 e. The highest BCUT2D eigenvalue weighted by molar-refractivity contribution is 5.77. The molecule has 1 fully saturated rings. The van der Waals surface area contributed by atoms with Gasteiger partial charge in [-0.05, 0) is 70.1 Å². The second-order valence-electron chi connectivity index (χ2n) is 9.11. The third-order valence-electron chi connectivity index (χ3n) is 6.92. The van der Waals surface area contributed by atoms with Crippen LogP contribution in [0.25, 0.3) is 11.0 Å². The maximum absolute atomic E-state index is 12.1. The van der Waals surface area contributed by atoms with Crippen LogP contribution in [-0.2, 0) is 9.53 Å². The van der Waals surface area contributed by atoms with Crippen LogP contribution in [0.3, 0.4) is 0 Å². The molecule has 0 aliphatic heterocycles. The smallest absolute Gasteiger partial charge is 0.336 e. The number of carbonyl (C=O) groups is 1. The van der Waals surface area contributed by atoms with Crippen LogP contribution in [0, 0.1) is 17.3 Å². The quantitative estimate of drug-likeness (QED) is 0.313. The Kier molecular flexibility index (Phi) is 7.24. The number of rotatable bonds is 7. The molecule has 3 atom stereocenters. The summed E-state index contributed by atoms with van der Waals surface area (Å²) in [6.07, 6.45) is 3.34. The summed E-state index contributed by atoms with van der Waals surface area (Å²) in [6.45, 7) is 11.7. The molecule has 31 heavy (non-hydrogen) atoms. The molecule has 2 aromatic rings. The summed E-state index contributed by atoms with van der Waals surface area (Å²) in [7, 11) is 0. The lowest BCUT2D eigenvalue weighted by atomic mass is 9.58. The largest absolute Gasteiger partial charge is 0.493 e. The lowest BCUT2D eigenvalue weighted by molar-refractivity contribution is -0.143. The number of esters is 1. The average Bonchev–Trinajstić information content (AvgIpc) is 2.73. The lowest BCUT2D eigenvalue weighted by Gasteiger charge is -2.48. The van der Waals surface area contributed by atoms with Gasteiger partial charge in [0.2, 0.25) is 0 Å². The maximum atomic E-state index is 12.1. The van der Waals surface area contributed by atoms with Crippen molar-refractivity contribution >= 4 is 16.9 Å². The second-order valence-corrected chi connectivity index (χ2v) is 9.11. The normalized spacial score (nSPS) is 23.6. The first-order chi connectivity index (χ1) is 14.7. The van der Waals surface area contributed by atoms with Crippen LogP contribution < -0.4 is 10.4 Å². The first kappa shape index (κ1) is 23.1. The number of carbonyl (C=O) groups excluding carboxylic acids is 1.